The summed E-state index contributed by atoms with van der Waals surface area (Å²) < 4.78 is 31.8. The molecule has 2 amide bonds. The molecule has 0 radical (unpaired) electrons. The molecule has 1 unspecified atom stereocenters. The largest absolute Gasteiger partial charge is 0.494 e. The summed E-state index contributed by atoms with van der Waals surface area (Å²) in [5.74, 6) is -2.54. The molecule has 27 heavy (non-hydrogen) atoms. The van der Waals surface area contributed by atoms with Crippen molar-refractivity contribution in [2.75, 3.05) is 26.2 Å². The molecule has 148 valence electrons. The van der Waals surface area contributed by atoms with E-state index in [4.69, 9.17) is 4.74 Å². The van der Waals surface area contributed by atoms with Gasteiger partial charge in [0.25, 0.3) is 11.8 Å². The maximum Gasteiger partial charge on any atom is 0.262 e. The third kappa shape index (κ3) is 4.94. The molecule has 0 aromatic heterocycles. The monoisotopic (exact) mass is 381 g/mol. The maximum absolute atomic E-state index is 13.2. The van der Waals surface area contributed by atoms with Crippen molar-refractivity contribution < 1.29 is 23.1 Å². The Morgan fingerprint density at radius 1 is 1.26 bits per heavy atom. The summed E-state index contributed by atoms with van der Waals surface area (Å²) in [4.78, 5) is 26.5. The highest BCUT2D eigenvalue weighted by Crippen LogP contribution is 2.25. The number of nitrogens with zero attached hydrogens (tertiary/aromatic N) is 1. The van der Waals surface area contributed by atoms with Gasteiger partial charge in [-0.2, -0.15) is 0 Å². The molecule has 2 aliphatic rings. The molecule has 1 aromatic carbocycles. The van der Waals surface area contributed by atoms with Crippen LogP contribution in [-0.2, 0) is 4.79 Å². The Bertz CT molecular complexity index is 673. The molecular weight excluding hydrogens is 356 g/mol. The number of likely N-dealkylation sites (tertiary alicyclic amines) is 1. The standard InChI is InChI=1S/C19H25F2N3O3/c1-2-27-15-5-3-13(4-6-15)18(26)24-9-7-14(8-10-24)23-17(25)16-11-19(20,21)12-22-16/h3-6,14,16,22H,2,7-12H2,1H3,(H,23,25). The van der Waals surface area contributed by atoms with Crippen LogP contribution in [0.1, 0.15) is 36.5 Å². The first-order valence-electron chi connectivity index (χ1n) is 9.31. The lowest BCUT2D eigenvalue weighted by molar-refractivity contribution is -0.124. The number of nitrogens with one attached hydrogen (secondary N) is 2. The van der Waals surface area contributed by atoms with E-state index >= 15 is 0 Å². The van der Waals surface area contributed by atoms with E-state index in [1.54, 1.807) is 29.2 Å². The summed E-state index contributed by atoms with van der Waals surface area (Å²) in [7, 11) is 0. The molecule has 1 atom stereocenters. The molecule has 0 saturated carbocycles. The zero-order chi connectivity index (χ0) is 19.4. The van der Waals surface area contributed by atoms with Crippen molar-refractivity contribution in [3.05, 3.63) is 29.8 Å². The second-order valence-electron chi connectivity index (χ2n) is 7.03. The number of benzene rings is 1. The predicted molar refractivity (Wildman–Crippen MR) is 96.0 cm³/mol. The van der Waals surface area contributed by atoms with Crippen molar-refractivity contribution >= 4 is 11.8 Å². The minimum atomic E-state index is -2.82. The number of rotatable bonds is 5. The second kappa shape index (κ2) is 8.21. The van der Waals surface area contributed by atoms with Crippen molar-refractivity contribution in [3.63, 3.8) is 0 Å². The number of carbonyl (C=O) groups excluding carboxylic acids is 2. The molecule has 0 bridgehead atoms. The number of halogens is 2. The molecule has 6 nitrogen and oxygen atoms in total. The normalized spacial score (nSPS) is 22.5. The van der Waals surface area contributed by atoms with Gasteiger partial charge in [0, 0.05) is 31.1 Å². The van der Waals surface area contributed by atoms with Crippen molar-refractivity contribution in [1.82, 2.24) is 15.5 Å². The molecule has 0 spiro atoms. The Hall–Kier alpha value is -2.22. The first kappa shape index (κ1) is 19.5. The van der Waals surface area contributed by atoms with Crippen molar-refractivity contribution in [1.29, 1.82) is 0 Å². The van der Waals surface area contributed by atoms with Gasteiger partial charge in [0.2, 0.25) is 5.91 Å². The summed E-state index contributed by atoms with van der Waals surface area (Å²) >= 11 is 0. The van der Waals surface area contributed by atoms with Crippen molar-refractivity contribution in [2.45, 2.75) is 44.2 Å². The zero-order valence-corrected chi connectivity index (χ0v) is 15.3. The summed E-state index contributed by atoms with van der Waals surface area (Å²) in [6.45, 7) is 3.05. The van der Waals surface area contributed by atoms with Gasteiger partial charge in [0.05, 0.1) is 19.2 Å². The van der Waals surface area contributed by atoms with E-state index in [9.17, 15) is 18.4 Å². The number of alkyl halides is 2. The van der Waals surface area contributed by atoms with E-state index in [1.807, 2.05) is 6.92 Å². The Labute approximate surface area is 157 Å². The molecule has 1 aromatic rings. The first-order chi connectivity index (χ1) is 12.9. The van der Waals surface area contributed by atoms with Crippen molar-refractivity contribution in [2.24, 2.45) is 0 Å². The average Bonchev–Trinajstić information content (AvgIpc) is 3.03. The van der Waals surface area contributed by atoms with E-state index in [-0.39, 0.29) is 17.9 Å². The Kier molecular flexibility index (Phi) is 5.94. The van der Waals surface area contributed by atoms with Crippen LogP contribution in [0.2, 0.25) is 0 Å². The van der Waals surface area contributed by atoms with Gasteiger partial charge in [-0.15, -0.1) is 0 Å². The minimum Gasteiger partial charge on any atom is -0.494 e. The molecule has 2 aliphatic heterocycles. The van der Waals surface area contributed by atoms with E-state index in [0.717, 1.165) is 5.75 Å². The highest BCUT2D eigenvalue weighted by atomic mass is 19.3. The van der Waals surface area contributed by atoms with Gasteiger partial charge in [-0.05, 0) is 44.0 Å². The summed E-state index contributed by atoms with van der Waals surface area (Å²) in [6.07, 6.45) is 0.753. The molecular formula is C19H25F2N3O3. The quantitative estimate of drug-likeness (QED) is 0.816. The van der Waals surface area contributed by atoms with E-state index in [1.165, 1.54) is 0 Å². The highest BCUT2D eigenvalue weighted by Gasteiger charge is 2.42. The molecule has 2 saturated heterocycles. The molecule has 3 rings (SSSR count). The number of hydrogen-bond acceptors (Lipinski definition) is 4. The van der Waals surface area contributed by atoms with Crippen LogP contribution in [0.4, 0.5) is 8.78 Å². The van der Waals surface area contributed by atoms with Crippen molar-refractivity contribution in [3.8, 4) is 5.75 Å². The van der Waals surface area contributed by atoms with Gasteiger partial charge in [0.15, 0.2) is 0 Å². The number of piperidine rings is 1. The summed E-state index contributed by atoms with van der Waals surface area (Å²) in [5, 5.41) is 5.39. The minimum absolute atomic E-state index is 0.0556. The van der Waals surface area contributed by atoms with Crippen LogP contribution in [0.15, 0.2) is 24.3 Å². The maximum atomic E-state index is 13.2. The van der Waals surface area contributed by atoms with Gasteiger partial charge in [-0.3, -0.25) is 14.9 Å². The number of carbonyl (C=O) groups is 2. The summed E-state index contributed by atoms with van der Waals surface area (Å²) in [6, 6.07) is 6.09. The molecule has 2 heterocycles. The van der Waals surface area contributed by atoms with Gasteiger partial charge in [-0.1, -0.05) is 0 Å². The summed E-state index contributed by atoms with van der Waals surface area (Å²) in [5.41, 5.74) is 0.596. The molecule has 2 N–H and O–H groups in total. The van der Waals surface area contributed by atoms with Gasteiger partial charge in [0.1, 0.15) is 5.75 Å². The lowest BCUT2D eigenvalue weighted by atomic mass is 10.0. The zero-order valence-electron chi connectivity index (χ0n) is 15.3. The molecule has 2 fully saturated rings. The smallest absolute Gasteiger partial charge is 0.262 e. The fourth-order valence-electron chi connectivity index (χ4n) is 3.47. The SMILES string of the molecule is CCOc1ccc(C(=O)N2CCC(NC(=O)C3CC(F)(F)CN3)CC2)cc1. The van der Waals surface area contributed by atoms with E-state index < -0.39 is 24.9 Å². The van der Waals surface area contributed by atoms with Crippen LogP contribution in [0.5, 0.6) is 5.75 Å². The van der Waals surface area contributed by atoms with Crippen LogP contribution in [0.25, 0.3) is 0 Å². The Morgan fingerprint density at radius 3 is 2.48 bits per heavy atom. The van der Waals surface area contributed by atoms with Crippen LogP contribution in [0.3, 0.4) is 0 Å². The van der Waals surface area contributed by atoms with Gasteiger partial charge < -0.3 is 15.0 Å². The van der Waals surface area contributed by atoms with E-state index in [0.29, 0.717) is 38.1 Å². The third-order valence-electron chi connectivity index (χ3n) is 4.97. The number of amides is 2. The fraction of sp³-hybridized carbons (Fsp3) is 0.579. The van der Waals surface area contributed by atoms with Gasteiger partial charge in [-0.25, -0.2) is 8.78 Å². The fourth-order valence-corrected chi connectivity index (χ4v) is 3.47. The van der Waals surface area contributed by atoms with Crippen LogP contribution >= 0.6 is 0 Å². The molecule has 8 heteroatoms. The number of hydrogen-bond donors (Lipinski definition) is 2. The lowest BCUT2D eigenvalue weighted by Crippen LogP contribution is -2.50. The van der Waals surface area contributed by atoms with Gasteiger partial charge >= 0.3 is 0 Å². The van der Waals surface area contributed by atoms with Crippen LogP contribution in [-0.4, -0.2) is 61.0 Å². The number of ether oxygens (including phenoxy) is 1. The molecule has 0 aliphatic carbocycles. The highest BCUT2D eigenvalue weighted by molar-refractivity contribution is 5.94. The Morgan fingerprint density at radius 2 is 1.93 bits per heavy atom. The third-order valence-corrected chi connectivity index (χ3v) is 4.97. The second-order valence-corrected chi connectivity index (χ2v) is 7.03. The predicted octanol–water partition coefficient (Wildman–Crippen LogP) is 1.80. The van der Waals surface area contributed by atoms with E-state index in [2.05, 4.69) is 10.6 Å². The van der Waals surface area contributed by atoms with Crippen LogP contribution < -0.4 is 15.4 Å². The first-order valence-corrected chi connectivity index (χ1v) is 9.31. The lowest BCUT2D eigenvalue weighted by Gasteiger charge is -2.33. The van der Waals surface area contributed by atoms with Crippen LogP contribution in [0, 0.1) is 0 Å². The average molecular weight is 381 g/mol. The Balaban J connectivity index is 1.47. The topological polar surface area (TPSA) is 70.7 Å².